The second-order valence-corrected chi connectivity index (χ2v) is 7.85. The minimum Gasteiger partial charge on any atom is -0.356 e. The lowest BCUT2D eigenvalue weighted by Gasteiger charge is -2.32. The van der Waals surface area contributed by atoms with Crippen LogP contribution in [0.3, 0.4) is 0 Å². The number of aliphatic imine (C=N–C) groups is 1. The first-order valence-corrected chi connectivity index (χ1v) is 9.67. The quantitative estimate of drug-likeness (QED) is 0.254. The van der Waals surface area contributed by atoms with E-state index in [1.807, 2.05) is 10.8 Å². The third kappa shape index (κ3) is 6.78. The van der Waals surface area contributed by atoms with Crippen LogP contribution in [0.4, 0.5) is 13.2 Å². The fourth-order valence-electron chi connectivity index (χ4n) is 2.66. The van der Waals surface area contributed by atoms with Crippen molar-refractivity contribution in [2.24, 2.45) is 4.99 Å². The lowest BCUT2D eigenvalue weighted by molar-refractivity contribution is -0.0494. The summed E-state index contributed by atoms with van der Waals surface area (Å²) in [6, 6.07) is -0.130. The molecule has 2 rings (SSSR count). The molecular formula is C14H24F3IN6O2S. The summed E-state index contributed by atoms with van der Waals surface area (Å²) in [5, 5.41) is 6.27. The van der Waals surface area contributed by atoms with Gasteiger partial charge in [-0.05, 0) is 19.3 Å². The number of nitrogens with one attached hydrogen (secondary N) is 2. The molecular weight excluding hydrogens is 500 g/mol. The van der Waals surface area contributed by atoms with E-state index in [9.17, 15) is 21.6 Å². The minimum atomic E-state index is -5.25. The Morgan fingerprint density at radius 1 is 1.33 bits per heavy atom. The molecule has 1 aliphatic heterocycles. The molecule has 1 aliphatic rings. The van der Waals surface area contributed by atoms with E-state index in [1.54, 1.807) is 19.6 Å². The number of nitrogens with zero attached hydrogens (tertiary/aromatic N) is 4. The summed E-state index contributed by atoms with van der Waals surface area (Å²) in [5.74, 6) is 0.549. The minimum absolute atomic E-state index is 0. The van der Waals surface area contributed by atoms with Crippen LogP contribution in [0.25, 0.3) is 0 Å². The first-order valence-electron chi connectivity index (χ1n) is 8.23. The van der Waals surface area contributed by atoms with E-state index >= 15 is 0 Å². The Hall–Kier alpha value is -1.09. The molecule has 0 atom stereocenters. The number of halogens is 4. The second kappa shape index (κ2) is 10.5. The molecule has 0 bridgehead atoms. The third-order valence-electron chi connectivity index (χ3n) is 4.10. The molecule has 1 saturated heterocycles. The largest absolute Gasteiger partial charge is 0.511 e. The number of sulfonamides is 1. The van der Waals surface area contributed by atoms with E-state index in [1.165, 1.54) is 0 Å². The SMILES string of the molecule is CN=C(NCCCn1ccnc1)NC1CCN(S(=O)(=O)C(F)(F)F)CC1.I. The Morgan fingerprint density at radius 2 is 2.00 bits per heavy atom. The van der Waals surface area contributed by atoms with Gasteiger partial charge in [-0.2, -0.15) is 17.5 Å². The molecule has 156 valence electrons. The van der Waals surface area contributed by atoms with Gasteiger partial charge in [0.25, 0.3) is 0 Å². The maximum atomic E-state index is 12.6. The average molecular weight is 524 g/mol. The van der Waals surface area contributed by atoms with Crippen LogP contribution in [-0.4, -0.2) is 66.5 Å². The van der Waals surface area contributed by atoms with E-state index < -0.39 is 15.5 Å². The van der Waals surface area contributed by atoms with Crippen LogP contribution in [0.5, 0.6) is 0 Å². The highest BCUT2D eigenvalue weighted by Crippen LogP contribution is 2.28. The highest BCUT2D eigenvalue weighted by atomic mass is 127. The molecule has 0 unspecified atom stereocenters. The summed E-state index contributed by atoms with van der Waals surface area (Å²) in [6.07, 6.45) is 6.72. The highest BCUT2D eigenvalue weighted by Gasteiger charge is 2.50. The molecule has 0 aliphatic carbocycles. The molecule has 2 heterocycles. The van der Waals surface area contributed by atoms with Gasteiger partial charge in [-0.1, -0.05) is 0 Å². The van der Waals surface area contributed by atoms with E-state index in [-0.39, 0.29) is 55.9 Å². The Morgan fingerprint density at radius 3 is 2.52 bits per heavy atom. The number of hydrogen-bond acceptors (Lipinski definition) is 4. The van der Waals surface area contributed by atoms with Crippen molar-refractivity contribution in [1.82, 2.24) is 24.5 Å². The normalized spacial score (nSPS) is 17.4. The Kier molecular flexibility index (Phi) is 9.27. The molecule has 0 aromatic carbocycles. The van der Waals surface area contributed by atoms with Crippen LogP contribution in [0.15, 0.2) is 23.7 Å². The molecule has 1 fully saturated rings. The number of hydrogen-bond donors (Lipinski definition) is 2. The van der Waals surface area contributed by atoms with E-state index in [2.05, 4.69) is 20.6 Å². The first-order chi connectivity index (χ1) is 12.2. The molecule has 0 saturated carbocycles. The lowest BCUT2D eigenvalue weighted by Crippen LogP contribution is -2.51. The summed E-state index contributed by atoms with van der Waals surface area (Å²) in [4.78, 5) is 8.04. The Labute approximate surface area is 173 Å². The zero-order valence-electron chi connectivity index (χ0n) is 14.8. The second-order valence-electron chi connectivity index (χ2n) is 5.92. The first kappa shape index (κ1) is 23.9. The fraction of sp³-hybridized carbons (Fsp3) is 0.714. The van der Waals surface area contributed by atoms with Gasteiger partial charge in [-0.15, -0.1) is 24.0 Å². The van der Waals surface area contributed by atoms with Gasteiger partial charge in [0.15, 0.2) is 5.96 Å². The van der Waals surface area contributed by atoms with Gasteiger partial charge in [0.1, 0.15) is 0 Å². The summed E-state index contributed by atoms with van der Waals surface area (Å²) in [7, 11) is -3.64. The van der Waals surface area contributed by atoms with Crippen molar-refractivity contribution in [3.05, 3.63) is 18.7 Å². The van der Waals surface area contributed by atoms with Crippen molar-refractivity contribution in [1.29, 1.82) is 0 Å². The van der Waals surface area contributed by atoms with Gasteiger partial charge >= 0.3 is 15.5 Å². The number of aromatic nitrogens is 2. The number of imidazole rings is 1. The van der Waals surface area contributed by atoms with Crippen LogP contribution >= 0.6 is 24.0 Å². The van der Waals surface area contributed by atoms with Gasteiger partial charge in [0, 0.05) is 51.7 Å². The van der Waals surface area contributed by atoms with Crippen molar-refractivity contribution in [2.75, 3.05) is 26.7 Å². The summed E-state index contributed by atoms with van der Waals surface area (Å²) < 4.78 is 63.0. The van der Waals surface area contributed by atoms with Crippen molar-refractivity contribution >= 4 is 40.0 Å². The Balaban J connectivity index is 0.00000364. The Bertz CT molecular complexity index is 688. The predicted octanol–water partition coefficient (Wildman–Crippen LogP) is 1.37. The number of alkyl halides is 3. The van der Waals surface area contributed by atoms with Crippen LogP contribution in [0, 0.1) is 0 Å². The maximum absolute atomic E-state index is 12.6. The van der Waals surface area contributed by atoms with Gasteiger partial charge in [0.05, 0.1) is 6.33 Å². The zero-order chi connectivity index (χ0) is 19.2. The van der Waals surface area contributed by atoms with Crippen LogP contribution < -0.4 is 10.6 Å². The topological polar surface area (TPSA) is 91.6 Å². The highest BCUT2D eigenvalue weighted by molar-refractivity contribution is 14.0. The van der Waals surface area contributed by atoms with E-state index in [4.69, 9.17) is 0 Å². The molecule has 27 heavy (non-hydrogen) atoms. The number of aryl methyl sites for hydroxylation is 1. The summed E-state index contributed by atoms with van der Waals surface area (Å²) in [5.41, 5.74) is -5.25. The van der Waals surface area contributed by atoms with Crippen LogP contribution in [-0.2, 0) is 16.6 Å². The van der Waals surface area contributed by atoms with Gasteiger partial charge in [-0.3, -0.25) is 4.99 Å². The average Bonchev–Trinajstić information content (AvgIpc) is 3.10. The van der Waals surface area contributed by atoms with Crippen molar-refractivity contribution in [3.63, 3.8) is 0 Å². The standard InChI is InChI=1S/C14H23F3N6O2S.HI/c1-18-13(20-5-2-7-22-10-6-19-11-22)21-12-3-8-23(9-4-12)26(24,25)14(15,16)17;/h6,10-12H,2-5,7-9H2,1H3,(H2,18,20,21);1H. The molecule has 1 aromatic rings. The van der Waals surface area contributed by atoms with Crippen LogP contribution in [0.2, 0.25) is 0 Å². The number of guanidine groups is 1. The molecule has 13 heteroatoms. The van der Waals surface area contributed by atoms with Gasteiger partial charge in [-0.25, -0.2) is 13.4 Å². The van der Waals surface area contributed by atoms with Crippen molar-refractivity contribution in [3.8, 4) is 0 Å². The molecule has 2 N–H and O–H groups in total. The van der Waals surface area contributed by atoms with Gasteiger partial charge < -0.3 is 15.2 Å². The van der Waals surface area contributed by atoms with E-state index in [0.717, 1.165) is 13.0 Å². The zero-order valence-corrected chi connectivity index (χ0v) is 18.0. The fourth-order valence-corrected chi connectivity index (χ4v) is 3.65. The summed E-state index contributed by atoms with van der Waals surface area (Å²) >= 11 is 0. The monoisotopic (exact) mass is 524 g/mol. The summed E-state index contributed by atoms with van der Waals surface area (Å²) in [6.45, 7) is 1.13. The molecule has 8 nitrogen and oxygen atoms in total. The van der Waals surface area contributed by atoms with E-state index in [0.29, 0.717) is 16.8 Å². The number of piperidine rings is 1. The van der Waals surface area contributed by atoms with Gasteiger partial charge in [0.2, 0.25) is 0 Å². The van der Waals surface area contributed by atoms with Crippen molar-refractivity contribution < 1.29 is 21.6 Å². The smallest absolute Gasteiger partial charge is 0.356 e. The molecule has 0 spiro atoms. The predicted molar refractivity (Wildman–Crippen MR) is 106 cm³/mol. The maximum Gasteiger partial charge on any atom is 0.511 e. The molecule has 0 radical (unpaired) electrons. The third-order valence-corrected chi connectivity index (χ3v) is 5.73. The van der Waals surface area contributed by atoms with Crippen molar-refractivity contribution in [2.45, 2.75) is 37.4 Å². The van der Waals surface area contributed by atoms with Crippen LogP contribution in [0.1, 0.15) is 19.3 Å². The lowest BCUT2D eigenvalue weighted by atomic mass is 10.1. The molecule has 0 amide bonds. The number of rotatable bonds is 6. The molecule has 1 aromatic heterocycles.